The van der Waals surface area contributed by atoms with Crippen molar-refractivity contribution in [1.82, 2.24) is 14.3 Å². The lowest BCUT2D eigenvalue weighted by Gasteiger charge is -2.13. The van der Waals surface area contributed by atoms with E-state index in [9.17, 15) is 13.2 Å². The highest BCUT2D eigenvalue weighted by atomic mass is 32.2. The van der Waals surface area contributed by atoms with E-state index in [0.29, 0.717) is 6.29 Å². The molecule has 1 saturated heterocycles. The number of rotatable bonds is 7. The molecule has 1 heterocycles. The van der Waals surface area contributed by atoms with Crippen LogP contribution in [-0.4, -0.2) is 31.6 Å². The molecule has 0 bridgehead atoms. The maximum atomic E-state index is 11.9. The molecule has 2 N–H and O–H groups in total. The summed E-state index contributed by atoms with van der Waals surface area (Å²) in [5.74, 6) is 0. The zero-order valence-electron chi connectivity index (χ0n) is 13.8. The van der Waals surface area contributed by atoms with Gasteiger partial charge in [-0.15, -0.1) is 0 Å². The molecule has 3 rings (SSSR count). The first-order chi connectivity index (χ1) is 12.1. The van der Waals surface area contributed by atoms with E-state index in [1.54, 1.807) is 0 Å². The van der Waals surface area contributed by atoms with Crippen molar-refractivity contribution >= 4 is 16.5 Å². The Morgan fingerprint density at radius 3 is 2.20 bits per heavy atom. The van der Waals surface area contributed by atoms with E-state index in [1.807, 2.05) is 42.5 Å². The molecule has 0 spiro atoms. The van der Waals surface area contributed by atoms with E-state index in [0.717, 1.165) is 24.2 Å². The van der Waals surface area contributed by atoms with Crippen LogP contribution >= 0.6 is 0 Å². The smallest absolute Gasteiger partial charge is 0.280 e. The van der Waals surface area contributed by atoms with E-state index in [4.69, 9.17) is 0 Å². The van der Waals surface area contributed by atoms with Crippen molar-refractivity contribution in [1.29, 1.82) is 0 Å². The third-order valence-electron chi connectivity index (χ3n) is 4.09. The number of hydrogen-bond donors (Lipinski definition) is 2. The van der Waals surface area contributed by atoms with Gasteiger partial charge in [0, 0.05) is 26.2 Å². The van der Waals surface area contributed by atoms with Crippen molar-refractivity contribution in [3.05, 3.63) is 71.3 Å². The first kappa shape index (κ1) is 17.8. The Kier molecular flexibility index (Phi) is 5.60. The molecule has 1 aliphatic heterocycles. The minimum atomic E-state index is -3.56. The lowest BCUT2D eigenvalue weighted by molar-refractivity contribution is -0.109. The number of nitrogens with one attached hydrogen (secondary N) is 2. The number of hydrogen-bond acceptors (Lipinski definition) is 4. The van der Waals surface area contributed by atoms with Crippen molar-refractivity contribution in [3.63, 3.8) is 0 Å². The average Bonchev–Trinajstić information content (AvgIpc) is 2.91. The summed E-state index contributed by atoms with van der Waals surface area (Å²) in [5, 5.41) is 3.38. The second-order valence-corrected chi connectivity index (χ2v) is 7.77. The Labute approximate surface area is 148 Å². The molecule has 0 saturated carbocycles. The van der Waals surface area contributed by atoms with Gasteiger partial charge in [0.15, 0.2) is 0 Å². The van der Waals surface area contributed by atoms with Crippen LogP contribution in [0.25, 0.3) is 0 Å². The zero-order chi connectivity index (χ0) is 17.7. The normalized spacial score (nSPS) is 19.8. The largest absolute Gasteiger partial charge is 0.309 e. The van der Waals surface area contributed by atoms with Gasteiger partial charge in [0.05, 0.1) is 6.04 Å². The molecular formula is C18H21N3O3S. The van der Waals surface area contributed by atoms with E-state index >= 15 is 0 Å². The Hall–Kier alpha value is -2.06. The van der Waals surface area contributed by atoms with Crippen molar-refractivity contribution in [2.24, 2.45) is 0 Å². The molecule has 6 nitrogen and oxygen atoms in total. The molecule has 1 atom stereocenters. The maximum absolute atomic E-state index is 11.9. The molecule has 1 unspecified atom stereocenters. The lowest BCUT2D eigenvalue weighted by Crippen LogP contribution is -2.30. The molecule has 0 radical (unpaired) electrons. The van der Waals surface area contributed by atoms with Crippen LogP contribution in [0.5, 0.6) is 0 Å². The molecule has 0 aliphatic carbocycles. The molecule has 1 fully saturated rings. The molecule has 0 aromatic heterocycles. The average molecular weight is 359 g/mol. The van der Waals surface area contributed by atoms with Crippen LogP contribution in [0, 0.1) is 0 Å². The van der Waals surface area contributed by atoms with Crippen LogP contribution in [0.15, 0.2) is 54.6 Å². The van der Waals surface area contributed by atoms with Gasteiger partial charge in [-0.25, -0.2) is 0 Å². The number of nitrogens with zero attached hydrogens (tertiary/aromatic N) is 1. The molecule has 1 aliphatic rings. The van der Waals surface area contributed by atoms with E-state index in [2.05, 4.69) is 22.2 Å². The predicted octanol–water partition coefficient (Wildman–Crippen LogP) is 1.19. The molecule has 2 aromatic carbocycles. The standard InChI is InChI=1S/C18H21N3O3S/c22-14-18-13-21(25(23,24)20-18)12-17-8-6-16(7-9-17)11-19-10-15-4-2-1-3-5-15/h1-9,14,18-20H,10-13H2. The third kappa shape index (κ3) is 4.73. The first-order valence-corrected chi connectivity index (χ1v) is 9.56. The molecule has 7 heteroatoms. The van der Waals surface area contributed by atoms with Gasteiger partial charge in [-0.3, -0.25) is 0 Å². The van der Waals surface area contributed by atoms with Crippen LogP contribution in [0.1, 0.15) is 16.7 Å². The van der Waals surface area contributed by atoms with Crippen LogP contribution in [-0.2, 0) is 34.6 Å². The molecule has 132 valence electrons. The maximum Gasteiger partial charge on any atom is 0.280 e. The van der Waals surface area contributed by atoms with Crippen LogP contribution in [0.4, 0.5) is 0 Å². The highest BCUT2D eigenvalue weighted by Crippen LogP contribution is 2.15. The summed E-state index contributed by atoms with van der Waals surface area (Å²) in [5.41, 5.74) is 3.26. The first-order valence-electron chi connectivity index (χ1n) is 8.12. The van der Waals surface area contributed by atoms with Crippen LogP contribution in [0.2, 0.25) is 0 Å². The second-order valence-electron chi connectivity index (χ2n) is 6.06. The number of benzene rings is 2. The van der Waals surface area contributed by atoms with Gasteiger partial charge in [-0.2, -0.15) is 17.4 Å². The summed E-state index contributed by atoms with van der Waals surface area (Å²) in [6.45, 7) is 1.98. The number of carbonyl (C=O) groups is 1. The van der Waals surface area contributed by atoms with E-state index in [-0.39, 0.29) is 13.1 Å². The van der Waals surface area contributed by atoms with Gasteiger partial charge < -0.3 is 10.1 Å². The highest BCUT2D eigenvalue weighted by molar-refractivity contribution is 7.87. The highest BCUT2D eigenvalue weighted by Gasteiger charge is 2.34. The number of carbonyl (C=O) groups excluding carboxylic acids is 1. The van der Waals surface area contributed by atoms with Gasteiger partial charge in [0.25, 0.3) is 10.2 Å². The minimum absolute atomic E-state index is 0.173. The fraction of sp³-hybridized carbons (Fsp3) is 0.278. The van der Waals surface area contributed by atoms with E-state index in [1.165, 1.54) is 9.87 Å². The van der Waals surface area contributed by atoms with E-state index < -0.39 is 16.3 Å². The van der Waals surface area contributed by atoms with Gasteiger partial charge in [0.2, 0.25) is 0 Å². The Morgan fingerprint density at radius 1 is 1.00 bits per heavy atom. The van der Waals surface area contributed by atoms with Gasteiger partial charge in [-0.1, -0.05) is 54.6 Å². The van der Waals surface area contributed by atoms with Crippen molar-refractivity contribution in [3.8, 4) is 0 Å². The SMILES string of the molecule is O=CC1CN(Cc2ccc(CNCc3ccccc3)cc2)S(=O)(=O)N1. The molecule has 2 aromatic rings. The van der Waals surface area contributed by atoms with Crippen molar-refractivity contribution < 1.29 is 13.2 Å². The summed E-state index contributed by atoms with van der Waals surface area (Å²) < 4.78 is 27.5. The summed E-state index contributed by atoms with van der Waals surface area (Å²) in [7, 11) is -3.56. The zero-order valence-corrected chi connectivity index (χ0v) is 14.6. The Morgan fingerprint density at radius 2 is 1.60 bits per heavy atom. The lowest BCUT2D eigenvalue weighted by atomic mass is 10.1. The fourth-order valence-electron chi connectivity index (χ4n) is 2.75. The van der Waals surface area contributed by atoms with Gasteiger partial charge in [-0.05, 0) is 16.7 Å². The monoisotopic (exact) mass is 359 g/mol. The second kappa shape index (κ2) is 7.88. The molecular weight excluding hydrogens is 338 g/mol. The number of aldehydes is 1. The predicted molar refractivity (Wildman–Crippen MR) is 95.7 cm³/mol. The minimum Gasteiger partial charge on any atom is -0.309 e. The fourth-order valence-corrected chi connectivity index (χ4v) is 4.09. The van der Waals surface area contributed by atoms with Crippen molar-refractivity contribution in [2.45, 2.75) is 25.7 Å². The summed E-state index contributed by atoms with van der Waals surface area (Å²) in [6, 6.07) is 17.3. The Bertz CT molecular complexity index is 807. The van der Waals surface area contributed by atoms with Gasteiger partial charge >= 0.3 is 0 Å². The quantitative estimate of drug-likeness (QED) is 0.728. The topological polar surface area (TPSA) is 78.5 Å². The summed E-state index contributed by atoms with van der Waals surface area (Å²) >= 11 is 0. The molecule has 25 heavy (non-hydrogen) atoms. The van der Waals surface area contributed by atoms with Gasteiger partial charge in [0.1, 0.15) is 6.29 Å². The molecule has 0 amide bonds. The van der Waals surface area contributed by atoms with Crippen LogP contribution < -0.4 is 10.0 Å². The third-order valence-corrected chi connectivity index (χ3v) is 5.65. The van der Waals surface area contributed by atoms with Crippen LogP contribution in [0.3, 0.4) is 0 Å². The summed E-state index contributed by atoms with van der Waals surface area (Å²) in [4.78, 5) is 10.8. The summed E-state index contributed by atoms with van der Waals surface area (Å²) in [6.07, 6.45) is 0.624. The Balaban J connectivity index is 1.53. The van der Waals surface area contributed by atoms with Crippen molar-refractivity contribution in [2.75, 3.05) is 6.54 Å².